The molecule has 0 spiro atoms. The van der Waals surface area contributed by atoms with Gasteiger partial charge in [-0.2, -0.15) is 4.31 Å². The number of nitrogens with one attached hydrogen (secondary N) is 1. The van der Waals surface area contributed by atoms with E-state index in [2.05, 4.69) is 5.32 Å². The minimum atomic E-state index is -3.57. The van der Waals surface area contributed by atoms with Crippen LogP contribution in [0.2, 0.25) is 0 Å². The molecule has 31 heavy (non-hydrogen) atoms. The number of nitrogens with zero attached hydrogens (tertiary/aromatic N) is 2. The number of ether oxygens (including phenoxy) is 1. The first-order chi connectivity index (χ1) is 14.9. The van der Waals surface area contributed by atoms with Gasteiger partial charge in [0.25, 0.3) is 5.91 Å². The second-order valence-corrected chi connectivity index (χ2v) is 9.55. The Balaban J connectivity index is 1.37. The number of benzene rings is 2. The van der Waals surface area contributed by atoms with Crippen LogP contribution in [-0.2, 0) is 26.1 Å². The fraction of sp³-hybridized carbons (Fsp3) is 0.364. The molecule has 2 aliphatic heterocycles. The molecule has 2 aromatic rings. The van der Waals surface area contributed by atoms with Gasteiger partial charge in [0, 0.05) is 43.9 Å². The first kappa shape index (κ1) is 21.5. The predicted octanol–water partition coefficient (Wildman–Crippen LogP) is 2.08. The summed E-state index contributed by atoms with van der Waals surface area (Å²) in [5.41, 5.74) is 1.98. The summed E-state index contributed by atoms with van der Waals surface area (Å²) in [7, 11) is -3.57. The van der Waals surface area contributed by atoms with E-state index in [1.54, 1.807) is 24.3 Å². The Kier molecular flexibility index (Phi) is 6.35. The number of carbonyl (C=O) groups excluding carboxylic acids is 2. The van der Waals surface area contributed by atoms with E-state index < -0.39 is 10.0 Å². The zero-order valence-corrected chi connectivity index (χ0v) is 17.9. The van der Waals surface area contributed by atoms with E-state index in [0.29, 0.717) is 50.5 Å². The summed E-state index contributed by atoms with van der Waals surface area (Å²) in [6.45, 7) is 2.78. The molecule has 2 saturated heterocycles. The maximum atomic E-state index is 12.7. The van der Waals surface area contributed by atoms with Crippen LogP contribution in [0.1, 0.15) is 28.8 Å². The highest BCUT2D eigenvalue weighted by molar-refractivity contribution is 7.89. The third-order valence-electron chi connectivity index (χ3n) is 5.48. The summed E-state index contributed by atoms with van der Waals surface area (Å²) in [4.78, 5) is 26.3. The smallest absolute Gasteiger partial charge is 0.255 e. The molecular weight excluding hydrogens is 418 g/mol. The van der Waals surface area contributed by atoms with Crippen molar-refractivity contribution in [2.75, 3.05) is 38.2 Å². The monoisotopic (exact) mass is 443 g/mol. The predicted molar refractivity (Wildman–Crippen MR) is 115 cm³/mol. The Labute approximate surface area is 181 Å². The normalized spacial score (nSPS) is 17.7. The number of anilines is 1. The molecule has 164 valence electrons. The average Bonchev–Trinajstić information content (AvgIpc) is 3.19. The summed E-state index contributed by atoms with van der Waals surface area (Å²) in [5.74, 6) is -0.117. The molecule has 0 aliphatic carbocycles. The molecule has 0 radical (unpaired) electrons. The Morgan fingerprint density at radius 3 is 2.26 bits per heavy atom. The molecule has 4 rings (SSSR count). The Bertz CT molecular complexity index is 1050. The van der Waals surface area contributed by atoms with Gasteiger partial charge in [-0.3, -0.25) is 9.59 Å². The minimum Gasteiger partial charge on any atom is -0.379 e. The van der Waals surface area contributed by atoms with Crippen LogP contribution in [0.15, 0.2) is 53.4 Å². The van der Waals surface area contributed by atoms with Gasteiger partial charge in [0.15, 0.2) is 0 Å². The number of amides is 2. The van der Waals surface area contributed by atoms with Crippen LogP contribution in [0.5, 0.6) is 0 Å². The lowest BCUT2D eigenvalue weighted by Gasteiger charge is -2.26. The van der Waals surface area contributed by atoms with Crippen molar-refractivity contribution >= 4 is 27.5 Å². The van der Waals surface area contributed by atoms with Crippen LogP contribution in [0.4, 0.5) is 5.69 Å². The molecule has 2 aliphatic rings. The lowest BCUT2D eigenvalue weighted by atomic mass is 10.1. The Morgan fingerprint density at radius 2 is 1.65 bits per heavy atom. The molecule has 2 aromatic carbocycles. The quantitative estimate of drug-likeness (QED) is 0.738. The van der Waals surface area contributed by atoms with E-state index in [-0.39, 0.29) is 16.7 Å². The second-order valence-electron chi connectivity index (χ2n) is 7.61. The number of hydrogen-bond acceptors (Lipinski definition) is 5. The van der Waals surface area contributed by atoms with Crippen molar-refractivity contribution < 1.29 is 22.7 Å². The zero-order valence-electron chi connectivity index (χ0n) is 17.1. The van der Waals surface area contributed by atoms with Gasteiger partial charge in [-0.1, -0.05) is 12.1 Å². The largest absolute Gasteiger partial charge is 0.379 e. The molecule has 0 bridgehead atoms. The molecule has 2 heterocycles. The van der Waals surface area contributed by atoms with Crippen LogP contribution in [0.3, 0.4) is 0 Å². The first-order valence-electron chi connectivity index (χ1n) is 10.3. The highest BCUT2D eigenvalue weighted by Gasteiger charge is 2.26. The maximum Gasteiger partial charge on any atom is 0.255 e. The fourth-order valence-electron chi connectivity index (χ4n) is 3.70. The molecule has 8 nitrogen and oxygen atoms in total. The summed E-state index contributed by atoms with van der Waals surface area (Å²) in [5, 5.41) is 2.78. The summed E-state index contributed by atoms with van der Waals surface area (Å²) in [6, 6.07) is 13.3. The average molecular weight is 444 g/mol. The Morgan fingerprint density at radius 1 is 0.968 bits per heavy atom. The molecule has 2 fully saturated rings. The molecule has 0 saturated carbocycles. The van der Waals surface area contributed by atoms with Crippen molar-refractivity contribution in [1.29, 1.82) is 0 Å². The van der Waals surface area contributed by atoms with Crippen molar-refractivity contribution in [3.05, 3.63) is 59.7 Å². The lowest BCUT2D eigenvalue weighted by Crippen LogP contribution is -2.40. The van der Waals surface area contributed by atoms with Gasteiger partial charge in [-0.05, 0) is 48.4 Å². The van der Waals surface area contributed by atoms with Gasteiger partial charge >= 0.3 is 0 Å². The first-order valence-corrected chi connectivity index (χ1v) is 11.7. The van der Waals surface area contributed by atoms with E-state index in [9.17, 15) is 18.0 Å². The van der Waals surface area contributed by atoms with Crippen molar-refractivity contribution in [3.63, 3.8) is 0 Å². The molecule has 0 atom stereocenters. The summed E-state index contributed by atoms with van der Waals surface area (Å²) in [6.07, 6.45) is 1.50. The zero-order chi connectivity index (χ0) is 21.8. The molecule has 0 unspecified atom stereocenters. The number of likely N-dealkylation sites (tertiary alicyclic amines) is 1. The van der Waals surface area contributed by atoms with E-state index in [4.69, 9.17) is 4.74 Å². The van der Waals surface area contributed by atoms with E-state index >= 15 is 0 Å². The van der Waals surface area contributed by atoms with Gasteiger partial charge in [0.1, 0.15) is 0 Å². The summed E-state index contributed by atoms with van der Waals surface area (Å²) >= 11 is 0. The molecular formula is C22H25N3O5S. The third kappa shape index (κ3) is 4.95. The van der Waals surface area contributed by atoms with Gasteiger partial charge < -0.3 is 15.0 Å². The van der Waals surface area contributed by atoms with Crippen molar-refractivity contribution in [1.82, 2.24) is 9.21 Å². The highest BCUT2D eigenvalue weighted by atomic mass is 32.2. The van der Waals surface area contributed by atoms with Crippen LogP contribution in [-0.4, -0.2) is 62.3 Å². The van der Waals surface area contributed by atoms with Gasteiger partial charge in [0.2, 0.25) is 15.9 Å². The third-order valence-corrected chi connectivity index (χ3v) is 7.39. The molecule has 2 amide bonds. The molecule has 9 heteroatoms. The van der Waals surface area contributed by atoms with Crippen LogP contribution in [0.25, 0.3) is 0 Å². The van der Waals surface area contributed by atoms with Gasteiger partial charge in [-0.15, -0.1) is 0 Å². The van der Waals surface area contributed by atoms with Crippen molar-refractivity contribution in [2.45, 2.75) is 24.3 Å². The van der Waals surface area contributed by atoms with Gasteiger partial charge in [-0.25, -0.2) is 8.42 Å². The van der Waals surface area contributed by atoms with Gasteiger partial charge in [0.05, 0.1) is 18.1 Å². The minimum absolute atomic E-state index is 0.168. The number of carbonyl (C=O) groups is 2. The second kappa shape index (κ2) is 9.17. The number of morpholine rings is 1. The van der Waals surface area contributed by atoms with Crippen LogP contribution < -0.4 is 5.32 Å². The molecule has 1 N–H and O–H groups in total. The topological polar surface area (TPSA) is 96.0 Å². The standard InChI is InChI=1S/C22H25N3O5S/c26-21-2-1-11-24(21)16-17-3-5-18(6-4-17)22(27)23-19-7-9-20(10-8-19)31(28,29)25-12-14-30-15-13-25/h3-10H,1-2,11-16H2,(H,23,27). The molecule has 0 aromatic heterocycles. The van der Waals surface area contributed by atoms with E-state index in [1.807, 2.05) is 17.0 Å². The number of sulfonamides is 1. The maximum absolute atomic E-state index is 12.7. The van der Waals surface area contributed by atoms with E-state index in [1.165, 1.54) is 16.4 Å². The SMILES string of the molecule is O=C(Nc1ccc(S(=O)(=O)N2CCOCC2)cc1)c1ccc(CN2CCCC2=O)cc1. The highest BCUT2D eigenvalue weighted by Crippen LogP contribution is 2.20. The number of rotatable bonds is 6. The fourth-order valence-corrected chi connectivity index (χ4v) is 5.11. The van der Waals surface area contributed by atoms with Crippen molar-refractivity contribution in [3.8, 4) is 0 Å². The lowest BCUT2D eigenvalue weighted by molar-refractivity contribution is -0.128. The Hall–Kier alpha value is -2.75. The van der Waals surface area contributed by atoms with Crippen molar-refractivity contribution in [2.24, 2.45) is 0 Å². The van der Waals surface area contributed by atoms with E-state index in [0.717, 1.165) is 18.5 Å². The van der Waals surface area contributed by atoms with Crippen LogP contribution in [0, 0.1) is 0 Å². The summed E-state index contributed by atoms with van der Waals surface area (Å²) < 4.78 is 32.0. The van der Waals surface area contributed by atoms with Crippen LogP contribution >= 0.6 is 0 Å². The number of hydrogen-bond donors (Lipinski definition) is 1.